The van der Waals surface area contributed by atoms with Crippen molar-refractivity contribution in [2.45, 2.75) is 5.92 Å². The van der Waals surface area contributed by atoms with Gasteiger partial charge in [-0.15, -0.1) is 0 Å². The van der Waals surface area contributed by atoms with Crippen LogP contribution in [0.15, 0.2) is 72.1 Å². The molecule has 0 spiro atoms. The highest BCUT2D eigenvalue weighted by atomic mass is 16.5. The van der Waals surface area contributed by atoms with Crippen LogP contribution in [-0.2, 0) is 0 Å². The predicted molar refractivity (Wildman–Crippen MR) is 123 cm³/mol. The number of esters is 1. The van der Waals surface area contributed by atoms with Gasteiger partial charge >= 0.3 is 5.97 Å². The minimum atomic E-state index is -0.583. The summed E-state index contributed by atoms with van der Waals surface area (Å²) in [5, 5.41) is 9.84. The number of methoxy groups -OCH3 is 3. The number of carbonyl (C=O) groups excluding carboxylic acids is 1. The molecule has 8 nitrogen and oxygen atoms in total. The van der Waals surface area contributed by atoms with Crippen molar-refractivity contribution >= 4 is 5.97 Å². The van der Waals surface area contributed by atoms with Crippen molar-refractivity contribution in [3.05, 3.63) is 88.8 Å². The second kappa shape index (κ2) is 9.46. The highest BCUT2D eigenvalue weighted by Crippen LogP contribution is 2.48. The molecule has 0 aromatic heterocycles. The summed E-state index contributed by atoms with van der Waals surface area (Å²) < 4.78 is 27.5. The van der Waals surface area contributed by atoms with Gasteiger partial charge in [0.2, 0.25) is 5.88 Å². The Morgan fingerprint density at radius 2 is 1.68 bits per heavy atom. The van der Waals surface area contributed by atoms with Gasteiger partial charge in [0.05, 0.1) is 27.2 Å². The summed E-state index contributed by atoms with van der Waals surface area (Å²) in [6.07, 6.45) is 0. The lowest BCUT2D eigenvalue weighted by Gasteiger charge is -2.28. The van der Waals surface area contributed by atoms with Crippen LogP contribution in [0, 0.1) is 11.3 Å². The first-order valence-corrected chi connectivity index (χ1v) is 10.3. The van der Waals surface area contributed by atoms with Gasteiger partial charge in [0.1, 0.15) is 34.5 Å². The molecule has 1 atom stereocenters. The van der Waals surface area contributed by atoms with E-state index in [0.29, 0.717) is 34.1 Å². The molecule has 1 unspecified atom stereocenters. The highest BCUT2D eigenvalue weighted by Gasteiger charge is 2.34. The number of nitrogens with two attached hydrogens (primary N) is 1. The highest BCUT2D eigenvalue weighted by molar-refractivity contribution is 5.94. The monoisotopic (exact) mass is 458 g/mol. The summed E-state index contributed by atoms with van der Waals surface area (Å²) in [6, 6.07) is 19.2. The van der Waals surface area contributed by atoms with Crippen LogP contribution in [0.3, 0.4) is 0 Å². The second-order valence-electron chi connectivity index (χ2n) is 7.30. The van der Waals surface area contributed by atoms with E-state index in [1.165, 1.54) is 21.3 Å². The van der Waals surface area contributed by atoms with Crippen LogP contribution in [0.4, 0.5) is 0 Å². The molecule has 0 bridgehead atoms. The van der Waals surface area contributed by atoms with Crippen LogP contribution >= 0.6 is 0 Å². The maximum Gasteiger partial charge on any atom is 0.347 e. The van der Waals surface area contributed by atoms with E-state index < -0.39 is 11.9 Å². The number of para-hydroxylation sites is 2. The molecule has 1 aliphatic heterocycles. The van der Waals surface area contributed by atoms with E-state index in [-0.39, 0.29) is 22.8 Å². The van der Waals surface area contributed by atoms with Crippen molar-refractivity contribution in [2.75, 3.05) is 21.3 Å². The molecule has 0 saturated carbocycles. The van der Waals surface area contributed by atoms with Crippen LogP contribution in [0.5, 0.6) is 28.7 Å². The van der Waals surface area contributed by atoms with Gasteiger partial charge in [-0.3, -0.25) is 0 Å². The molecule has 4 rings (SSSR count). The topological polar surface area (TPSA) is 113 Å². The van der Waals surface area contributed by atoms with Crippen molar-refractivity contribution < 1.29 is 28.5 Å². The number of nitriles is 1. The van der Waals surface area contributed by atoms with Gasteiger partial charge in [-0.2, -0.15) is 5.26 Å². The zero-order valence-electron chi connectivity index (χ0n) is 18.8. The number of nitrogens with zero attached hydrogens (tertiary/aromatic N) is 1. The normalized spacial score (nSPS) is 14.4. The third kappa shape index (κ3) is 3.95. The largest absolute Gasteiger partial charge is 0.496 e. The lowest BCUT2D eigenvalue weighted by Crippen LogP contribution is -2.21. The van der Waals surface area contributed by atoms with Gasteiger partial charge in [-0.1, -0.05) is 30.3 Å². The fourth-order valence-corrected chi connectivity index (χ4v) is 3.93. The SMILES string of the molecule is COc1ccccc1C(=O)Oc1ccc2c(c1)OC(N)=C(C#N)C2c1cccc(OC)c1OC. The van der Waals surface area contributed by atoms with E-state index in [2.05, 4.69) is 6.07 Å². The molecule has 0 radical (unpaired) electrons. The molecule has 0 amide bonds. The molecular formula is C26H22N2O6. The van der Waals surface area contributed by atoms with E-state index >= 15 is 0 Å². The molecule has 34 heavy (non-hydrogen) atoms. The predicted octanol–water partition coefficient (Wildman–Crippen LogP) is 4.15. The smallest absolute Gasteiger partial charge is 0.347 e. The molecule has 3 aromatic rings. The average Bonchev–Trinajstić information content (AvgIpc) is 2.87. The average molecular weight is 458 g/mol. The summed E-state index contributed by atoms with van der Waals surface area (Å²) in [4.78, 5) is 12.7. The van der Waals surface area contributed by atoms with Crippen molar-refractivity contribution in [3.63, 3.8) is 0 Å². The molecule has 1 aliphatic rings. The Morgan fingerprint density at radius 3 is 2.38 bits per heavy atom. The first kappa shape index (κ1) is 22.6. The van der Waals surface area contributed by atoms with E-state index in [1.807, 2.05) is 6.07 Å². The van der Waals surface area contributed by atoms with Crippen LogP contribution in [-0.4, -0.2) is 27.3 Å². The quantitative estimate of drug-likeness (QED) is 0.433. The first-order valence-electron chi connectivity index (χ1n) is 10.3. The maximum absolute atomic E-state index is 12.7. The molecule has 1 heterocycles. The minimum Gasteiger partial charge on any atom is -0.496 e. The molecule has 2 N–H and O–H groups in total. The van der Waals surface area contributed by atoms with Gasteiger partial charge in [0.15, 0.2) is 11.5 Å². The van der Waals surface area contributed by atoms with Crippen molar-refractivity contribution in [1.29, 1.82) is 5.26 Å². The van der Waals surface area contributed by atoms with Gasteiger partial charge in [0.25, 0.3) is 0 Å². The lowest BCUT2D eigenvalue weighted by atomic mass is 9.83. The minimum absolute atomic E-state index is 0.0434. The van der Waals surface area contributed by atoms with E-state index in [0.717, 1.165) is 0 Å². The van der Waals surface area contributed by atoms with Gasteiger partial charge in [-0.05, 0) is 24.3 Å². The molecular weight excluding hydrogens is 436 g/mol. The Labute approximate surface area is 196 Å². The van der Waals surface area contributed by atoms with Crippen molar-refractivity contribution in [1.82, 2.24) is 0 Å². The Morgan fingerprint density at radius 1 is 0.941 bits per heavy atom. The van der Waals surface area contributed by atoms with Gasteiger partial charge in [-0.25, -0.2) is 4.79 Å². The Balaban J connectivity index is 1.75. The second-order valence-corrected chi connectivity index (χ2v) is 7.30. The number of fused-ring (bicyclic) bond motifs is 1. The van der Waals surface area contributed by atoms with Crippen molar-refractivity contribution in [2.24, 2.45) is 5.73 Å². The number of hydrogen-bond acceptors (Lipinski definition) is 8. The van der Waals surface area contributed by atoms with Crippen LogP contribution in [0.25, 0.3) is 0 Å². The molecule has 0 aliphatic carbocycles. The molecule has 3 aromatic carbocycles. The van der Waals surface area contributed by atoms with Crippen LogP contribution in [0.2, 0.25) is 0 Å². The molecule has 0 fully saturated rings. The third-order valence-electron chi connectivity index (χ3n) is 5.47. The van der Waals surface area contributed by atoms with Crippen LogP contribution in [0.1, 0.15) is 27.4 Å². The number of carbonyl (C=O) groups is 1. The van der Waals surface area contributed by atoms with Crippen LogP contribution < -0.4 is 29.4 Å². The summed E-state index contributed by atoms with van der Waals surface area (Å²) in [5.74, 6) is 0.811. The maximum atomic E-state index is 12.7. The summed E-state index contributed by atoms with van der Waals surface area (Å²) in [7, 11) is 4.55. The van der Waals surface area contributed by atoms with Gasteiger partial charge in [0, 0.05) is 17.2 Å². The number of ether oxygens (including phenoxy) is 5. The molecule has 0 saturated heterocycles. The zero-order chi connectivity index (χ0) is 24.2. The lowest BCUT2D eigenvalue weighted by molar-refractivity contribution is 0.0731. The Hall–Kier alpha value is -4.64. The van der Waals surface area contributed by atoms with Crippen molar-refractivity contribution in [3.8, 4) is 34.8 Å². The fraction of sp³-hybridized carbons (Fsp3) is 0.154. The van der Waals surface area contributed by atoms with Gasteiger partial charge < -0.3 is 29.4 Å². The fourth-order valence-electron chi connectivity index (χ4n) is 3.93. The van der Waals surface area contributed by atoms with E-state index in [4.69, 9.17) is 29.4 Å². The summed E-state index contributed by atoms with van der Waals surface area (Å²) in [5.41, 5.74) is 7.98. The number of allylic oxidation sites excluding steroid dienone is 1. The number of benzene rings is 3. The summed E-state index contributed by atoms with van der Waals surface area (Å²) >= 11 is 0. The molecule has 8 heteroatoms. The third-order valence-corrected chi connectivity index (χ3v) is 5.47. The standard InChI is InChI=1S/C26H22N2O6/c1-30-20-9-5-4-7-17(20)26(29)33-15-11-12-16-22(13-15)34-25(28)19(14-27)23(16)18-8-6-10-21(31-2)24(18)32-3/h4-13,23H,28H2,1-3H3. The molecule has 172 valence electrons. The van der Waals surface area contributed by atoms with E-state index in [9.17, 15) is 10.1 Å². The number of rotatable bonds is 6. The Kier molecular flexibility index (Phi) is 6.28. The summed E-state index contributed by atoms with van der Waals surface area (Å²) in [6.45, 7) is 0. The van der Waals surface area contributed by atoms with E-state index in [1.54, 1.807) is 54.6 Å². The first-order chi connectivity index (χ1) is 16.5. The number of hydrogen-bond donors (Lipinski definition) is 1. The zero-order valence-corrected chi connectivity index (χ0v) is 18.8. The Bertz CT molecular complexity index is 1330.